The topological polar surface area (TPSA) is 235 Å². The van der Waals surface area contributed by atoms with Crippen LogP contribution in [0.2, 0.25) is 0 Å². The number of aliphatic imine (C=N–C) groups is 2. The molecule has 376 valence electrons. The number of phenolic OH excluding ortho intramolecular Hbond substituents is 2. The quantitative estimate of drug-likeness (QED) is 0.0233. The van der Waals surface area contributed by atoms with E-state index in [0.717, 1.165) is 82.9 Å². The Hall–Kier alpha value is -3.67. The van der Waals surface area contributed by atoms with Crippen LogP contribution in [0.1, 0.15) is 112 Å². The number of aromatic hydroxyl groups is 2. The second-order valence-corrected chi connectivity index (χ2v) is 16.8. The molecular formula is C49H87ClN4O11. The van der Waals surface area contributed by atoms with Crippen LogP contribution in [0.25, 0.3) is 0 Å². The van der Waals surface area contributed by atoms with Crippen molar-refractivity contribution in [3.63, 3.8) is 0 Å². The summed E-state index contributed by atoms with van der Waals surface area (Å²) in [7, 11) is 1.80. The molecule has 2 aromatic rings. The van der Waals surface area contributed by atoms with Gasteiger partial charge in [0.25, 0.3) is 5.97 Å². The number of phenols is 2. The number of rotatable bonds is 19. The number of hydrogen-bond acceptors (Lipinski definition) is 14. The number of aliphatic hydroxyl groups is 3. The number of alkyl halides is 1. The van der Waals surface area contributed by atoms with Gasteiger partial charge in [0.2, 0.25) is 0 Å². The zero-order chi connectivity index (χ0) is 49.9. The first kappa shape index (κ1) is 65.6. The van der Waals surface area contributed by atoms with Gasteiger partial charge in [0, 0.05) is 49.8 Å². The second kappa shape index (κ2) is 44.2. The number of halogens is 1. The minimum Gasteiger partial charge on any atom is -0.508 e. The minimum atomic E-state index is -0.833. The number of nitrogens with one attached hydrogen (secondary N) is 2. The Morgan fingerprint density at radius 2 is 1.22 bits per heavy atom. The van der Waals surface area contributed by atoms with Crippen LogP contribution < -0.4 is 10.6 Å². The van der Waals surface area contributed by atoms with Crippen molar-refractivity contribution in [2.45, 2.75) is 112 Å². The smallest absolute Gasteiger partial charge is 0.305 e. The molecule has 16 heteroatoms. The van der Waals surface area contributed by atoms with Gasteiger partial charge in [0.15, 0.2) is 0 Å². The molecule has 2 fully saturated rings. The number of carbonyl (C=O) groups excluding carboxylic acids is 1. The summed E-state index contributed by atoms with van der Waals surface area (Å²) >= 11 is 5.27. The number of carboxylic acids is 1. The average molecular weight is 944 g/mol. The Labute approximate surface area is 396 Å². The van der Waals surface area contributed by atoms with E-state index in [1.165, 1.54) is 11.4 Å². The van der Waals surface area contributed by atoms with E-state index in [1.807, 2.05) is 24.3 Å². The maximum Gasteiger partial charge on any atom is 0.305 e. The van der Waals surface area contributed by atoms with Crippen LogP contribution in [-0.4, -0.2) is 152 Å². The molecule has 15 nitrogen and oxygen atoms in total. The average Bonchev–Trinajstić information content (AvgIpc) is 4.11. The molecule has 65 heavy (non-hydrogen) atoms. The third kappa shape index (κ3) is 46.7. The van der Waals surface area contributed by atoms with Crippen molar-refractivity contribution in [3.8, 4) is 11.5 Å². The van der Waals surface area contributed by atoms with Crippen molar-refractivity contribution in [1.82, 2.24) is 10.6 Å². The standard InChI is InChI=1S/C16H33N3.C15H16O2.C6H10O2.C4H10O3.C3H5ClO.C3H9NO.C2H4O2/c1-13(2)11-15(5)18-9-7-17-8-10-19-16(6)12-14(3)4;1-15(2,11-3-7-13(16)8-4-11)12-5-9-14(17)10-6-12;7-6-4-2-1-3-5-8-6;5-1-3-7-4-2-6;4-1-3-2-5-3;1-4-2-3-5;1-2(3)4/h13-14,17H,7-12H2,1-6H3;3-10,16-17H,1-2H3;1-5H2;5-6H,1-4H2;3H,1-2H2;4-5H,2-3H2,1H3;1H3,(H,3,4). The second-order valence-electron chi connectivity index (χ2n) is 16.4. The lowest BCUT2D eigenvalue weighted by atomic mass is 9.78. The van der Waals surface area contributed by atoms with Crippen molar-refractivity contribution in [3.05, 3.63) is 59.7 Å². The van der Waals surface area contributed by atoms with Gasteiger partial charge in [-0.1, -0.05) is 65.8 Å². The van der Waals surface area contributed by atoms with Crippen LogP contribution >= 0.6 is 11.6 Å². The number of aliphatic hydroxyl groups excluding tert-OH is 3. The summed E-state index contributed by atoms with van der Waals surface area (Å²) in [6.45, 7) is 25.3. The largest absolute Gasteiger partial charge is 0.508 e. The molecule has 2 heterocycles. The third-order valence-corrected chi connectivity index (χ3v) is 8.97. The molecule has 8 N–H and O–H groups in total. The number of ether oxygens (including phenoxy) is 3. The molecule has 2 aromatic carbocycles. The Morgan fingerprint density at radius 1 is 0.785 bits per heavy atom. The number of epoxide rings is 1. The summed E-state index contributed by atoms with van der Waals surface area (Å²) in [5, 5.41) is 56.3. The molecular weight excluding hydrogens is 856 g/mol. The van der Waals surface area contributed by atoms with Gasteiger partial charge >= 0.3 is 5.97 Å². The van der Waals surface area contributed by atoms with E-state index in [2.05, 4.69) is 80.7 Å². The highest BCUT2D eigenvalue weighted by atomic mass is 35.5. The molecule has 2 saturated heterocycles. The SMILES string of the molecule is CC(=O)O.CC(C)(c1ccc(O)cc1)c1ccc(O)cc1.CC(CC(C)C)=NCCNCCN=C(C)CC(C)C.CNCCO.ClCC1CO1.O=C1CCCCCO1.OCCOCCO. The number of aliphatic carboxylic acids is 1. The number of esters is 1. The fourth-order valence-electron chi connectivity index (χ4n) is 5.32. The van der Waals surface area contributed by atoms with Crippen LogP contribution in [0.5, 0.6) is 11.5 Å². The highest BCUT2D eigenvalue weighted by Gasteiger charge is 2.23. The minimum absolute atomic E-state index is 0.0255. The van der Waals surface area contributed by atoms with E-state index in [-0.39, 0.29) is 42.7 Å². The van der Waals surface area contributed by atoms with E-state index in [1.54, 1.807) is 31.3 Å². The molecule has 2 aliphatic heterocycles. The molecule has 0 bridgehead atoms. The molecule has 0 amide bonds. The fraction of sp³-hybridized carbons (Fsp3) is 0.673. The van der Waals surface area contributed by atoms with Crippen LogP contribution in [0.3, 0.4) is 0 Å². The van der Waals surface area contributed by atoms with Gasteiger partial charge in [-0.25, -0.2) is 0 Å². The first-order valence-electron chi connectivity index (χ1n) is 22.7. The first-order valence-corrected chi connectivity index (χ1v) is 23.2. The molecule has 4 rings (SSSR count). The van der Waals surface area contributed by atoms with Crippen molar-refractivity contribution in [1.29, 1.82) is 0 Å². The number of hydrogen-bond donors (Lipinski definition) is 8. The van der Waals surface area contributed by atoms with Crippen LogP contribution in [0.4, 0.5) is 0 Å². The van der Waals surface area contributed by atoms with Crippen molar-refractivity contribution in [2.24, 2.45) is 21.8 Å². The summed E-state index contributed by atoms with van der Waals surface area (Å²) in [4.78, 5) is 28.6. The highest BCUT2D eigenvalue weighted by molar-refractivity contribution is 6.18. The summed E-state index contributed by atoms with van der Waals surface area (Å²) in [5.41, 5.74) is 4.63. The highest BCUT2D eigenvalue weighted by Crippen LogP contribution is 2.33. The molecule has 0 aliphatic carbocycles. The third-order valence-electron chi connectivity index (χ3n) is 8.62. The van der Waals surface area contributed by atoms with Crippen molar-refractivity contribution >= 4 is 35.0 Å². The van der Waals surface area contributed by atoms with Gasteiger partial charge in [-0.05, 0) is 100 Å². The Balaban J connectivity index is -0.000000750. The predicted molar refractivity (Wildman–Crippen MR) is 265 cm³/mol. The number of carbonyl (C=O) groups is 2. The van der Waals surface area contributed by atoms with Gasteiger partial charge in [0.1, 0.15) is 11.5 Å². The molecule has 0 spiro atoms. The van der Waals surface area contributed by atoms with Gasteiger partial charge in [0.05, 0.1) is 71.3 Å². The van der Waals surface area contributed by atoms with Gasteiger partial charge in [-0.3, -0.25) is 19.6 Å². The molecule has 1 atom stereocenters. The lowest BCUT2D eigenvalue weighted by Gasteiger charge is -2.26. The first-order chi connectivity index (χ1) is 30.8. The number of carboxylic acid groups (broad SMARTS) is 1. The van der Waals surface area contributed by atoms with Crippen molar-refractivity contribution < 1.29 is 54.4 Å². The number of likely N-dealkylation sites (N-methyl/N-ethyl adjacent to an activating group) is 1. The van der Waals surface area contributed by atoms with Crippen LogP contribution in [-0.2, 0) is 29.2 Å². The zero-order valence-corrected chi connectivity index (χ0v) is 42.0. The molecule has 0 radical (unpaired) electrons. The summed E-state index contributed by atoms with van der Waals surface area (Å²) in [6, 6.07) is 14.4. The van der Waals surface area contributed by atoms with E-state index in [4.69, 9.17) is 46.3 Å². The summed E-state index contributed by atoms with van der Waals surface area (Å²) in [6.07, 6.45) is 6.45. The van der Waals surface area contributed by atoms with Gasteiger partial charge in [-0.2, -0.15) is 0 Å². The summed E-state index contributed by atoms with van der Waals surface area (Å²) in [5.74, 6) is 1.76. The normalized spacial score (nSPS) is 14.3. The number of nitrogens with zero attached hydrogens (tertiary/aromatic N) is 2. The number of benzene rings is 2. The van der Waals surface area contributed by atoms with Gasteiger partial charge < -0.3 is 55.5 Å². The van der Waals surface area contributed by atoms with Crippen molar-refractivity contribution in [2.75, 3.05) is 91.9 Å². The predicted octanol–water partition coefficient (Wildman–Crippen LogP) is 7.02. The Bertz CT molecular complexity index is 1380. The maximum absolute atomic E-state index is 10.5. The lowest BCUT2D eigenvalue weighted by Crippen LogP contribution is -2.21. The van der Waals surface area contributed by atoms with E-state index in [0.29, 0.717) is 56.6 Å². The monoisotopic (exact) mass is 943 g/mol. The Kier molecular flexibility index (Phi) is 44.6. The molecule has 0 saturated carbocycles. The zero-order valence-electron chi connectivity index (χ0n) is 41.3. The lowest BCUT2D eigenvalue weighted by molar-refractivity contribution is -0.142. The Morgan fingerprint density at radius 3 is 1.52 bits per heavy atom. The van der Waals surface area contributed by atoms with Crippen LogP contribution in [0, 0.1) is 11.8 Å². The van der Waals surface area contributed by atoms with Crippen LogP contribution in [0.15, 0.2) is 58.5 Å². The fourth-order valence-corrected chi connectivity index (χ4v) is 5.49. The van der Waals surface area contributed by atoms with E-state index < -0.39 is 5.97 Å². The van der Waals surface area contributed by atoms with E-state index in [9.17, 15) is 15.0 Å². The molecule has 0 aromatic heterocycles. The maximum atomic E-state index is 10.5. The van der Waals surface area contributed by atoms with E-state index >= 15 is 0 Å². The number of cyclic esters (lactones) is 1. The molecule has 1 unspecified atom stereocenters. The van der Waals surface area contributed by atoms with Gasteiger partial charge in [-0.15, -0.1) is 11.6 Å². The molecule has 2 aliphatic rings. The summed E-state index contributed by atoms with van der Waals surface area (Å²) < 4.78 is 14.1.